The summed E-state index contributed by atoms with van der Waals surface area (Å²) in [6, 6.07) is 0. The van der Waals surface area contributed by atoms with Crippen LogP contribution in [0, 0.1) is 0 Å². The minimum Gasteiger partial charge on any atom is -0.393 e. The lowest BCUT2D eigenvalue weighted by Gasteiger charge is -2.13. The molecule has 0 rings (SSSR count). The van der Waals surface area contributed by atoms with Crippen molar-refractivity contribution in [3.8, 4) is 0 Å². The van der Waals surface area contributed by atoms with Gasteiger partial charge in [0.25, 0.3) is 0 Å². The normalized spacial score (nSPS) is 15.4. The summed E-state index contributed by atoms with van der Waals surface area (Å²) in [4.78, 5) is 0. The largest absolute Gasteiger partial charge is 0.393 e. The molecule has 13 heavy (non-hydrogen) atoms. The Bertz CT molecular complexity index is 141. The number of hydrogen-bond acceptors (Lipinski definition) is 2. The van der Waals surface area contributed by atoms with Gasteiger partial charge in [-0.1, -0.05) is 25.5 Å². The average Bonchev–Trinajstić information content (AvgIpc) is 1.98. The fourth-order valence-electron chi connectivity index (χ4n) is 1.34. The zero-order valence-electron chi connectivity index (χ0n) is 8.79. The van der Waals surface area contributed by atoms with Crippen molar-refractivity contribution in [2.75, 3.05) is 0 Å². The van der Waals surface area contributed by atoms with Crippen molar-refractivity contribution >= 4 is 0 Å². The molecule has 0 amide bonds. The van der Waals surface area contributed by atoms with E-state index in [-0.39, 0.29) is 0 Å². The van der Waals surface area contributed by atoms with Crippen LogP contribution in [0.1, 0.15) is 46.0 Å². The molecule has 0 fully saturated rings. The van der Waals surface area contributed by atoms with Gasteiger partial charge in [-0.25, -0.2) is 0 Å². The average molecular weight is 186 g/mol. The molecule has 2 heteroatoms. The Morgan fingerprint density at radius 3 is 2.46 bits per heavy atom. The second-order valence-corrected chi connectivity index (χ2v) is 3.80. The Balaban J connectivity index is 3.53. The van der Waals surface area contributed by atoms with E-state index in [4.69, 9.17) is 5.11 Å². The maximum atomic E-state index is 9.47. The third-order valence-electron chi connectivity index (χ3n) is 2.02. The quantitative estimate of drug-likeness (QED) is 0.599. The molecule has 2 unspecified atom stereocenters. The van der Waals surface area contributed by atoms with Crippen LogP contribution < -0.4 is 0 Å². The Hall–Kier alpha value is -0.340. The number of aliphatic hydroxyl groups is 2. The first-order valence-corrected chi connectivity index (χ1v) is 5.09. The molecular formula is C11H22O2. The molecule has 0 aliphatic carbocycles. The van der Waals surface area contributed by atoms with Gasteiger partial charge in [-0.05, 0) is 32.6 Å². The van der Waals surface area contributed by atoms with Crippen LogP contribution in [0.15, 0.2) is 12.2 Å². The lowest BCUT2D eigenvalue weighted by molar-refractivity contribution is 0.0904. The van der Waals surface area contributed by atoms with Gasteiger partial charge in [0.05, 0.1) is 12.2 Å². The summed E-state index contributed by atoms with van der Waals surface area (Å²) in [6.45, 7) is 7.73. The van der Waals surface area contributed by atoms with E-state index in [0.29, 0.717) is 12.8 Å². The number of rotatable bonds is 7. The molecule has 0 saturated carbocycles. The van der Waals surface area contributed by atoms with Crippen LogP contribution in [0.2, 0.25) is 0 Å². The Morgan fingerprint density at radius 1 is 1.38 bits per heavy atom. The summed E-state index contributed by atoms with van der Waals surface area (Å²) in [5, 5.41) is 18.5. The first-order valence-electron chi connectivity index (χ1n) is 5.09. The van der Waals surface area contributed by atoms with Gasteiger partial charge in [-0.3, -0.25) is 0 Å². The monoisotopic (exact) mass is 186 g/mol. The van der Waals surface area contributed by atoms with E-state index in [9.17, 15) is 5.11 Å². The number of aliphatic hydroxyl groups excluding tert-OH is 2. The van der Waals surface area contributed by atoms with Crippen LogP contribution in [-0.2, 0) is 0 Å². The van der Waals surface area contributed by atoms with E-state index in [2.05, 4.69) is 13.5 Å². The third kappa shape index (κ3) is 8.00. The molecule has 2 N–H and O–H groups in total. The van der Waals surface area contributed by atoms with Crippen molar-refractivity contribution in [2.24, 2.45) is 0 Å². The molecule has 0 aliphatic rings. The van der Waals surface area contributed by atoms with Crippen LogP contribution in [-0.4, -0.2) is 22.4 Å². The highest BCUT2D eigenvalue weighted by Gasteiger charge is 2.08. The van der Waals surface area contributed by atoms with E-state index < -0.39 is 12.2 Å². The Morgan fingerprint density at radius 2 is 2.00 bits per heavy atom. The highest BCUT2D eigenvalue weighted by molar-refractivity contribution is 4.95. The lowest BCUT2D eigenvalue weighted by atomic mass is 10.0. The van der Waals surface area contributed by atoms with Crippen LogP contribution in [0.25, 0.3) is 0 Å². The second-order valence-electron chi connectivity index (χ2n) is 3.80. The molecular weight excluding hydrogens is 164 g/mol. The van der Waals surface area contributed by atoms with Crippen molar-refractivity contribution in [3.63, 3.8) is 0 Å². The molecule has 0 bridgehead atoms. The Labute approximate surface area is 81.3 Å². The van der Waals surface area contributed by atoms with Gasteiger partial charge in [-0.15, -0.1) is 0 Å². The summed E-state index contributed by atoms with van der Waals surface area (Å²) in [5.74, 6) is 0. The molecule has 0 saturated heterocycles. The highest BCUT2D eigenvalue weighted by Crippen LogP contribution is 2.14. The standard InChI is InChI=1S/C11H22O2/c1-4-5-6-9(2)7-11(13)8-10(3)12/h10-13H,2,4-8H2,1,3H3. The summed E-state index contributed by atoms with van der Waals surface area (Å²) < 4.78 is 0. The highest BCUT2D eigenvalue weighted by atomic mass is 16.3. The maximum Gasteiger partial charge on any atom is 0.0601 e. The molecule has 0 aromatic carbocycles. The molecule has 0 spiro atoms. The minimum atomic E-state index is -0.427. The van der Waals surface area contributed by atoms with Crippen molar-refractivity contribution in [1.29, 1.82) is 0 Å². The van der Waals surface area contributed by atoms with Crippen molar-refractivity contribution in [1.82, 2.24) is 0 Å². The summed E-state index contributed by atoms with van der Waals surface area (Å²) >= 11 is 0. The Kier molecular flexibility index (Phi) is 6.92. The van der Waals surface area contributed by atoms with Gasteiger partial charge >= 0.3 is 0 Å². The first kappa shape index (κ1) is 12.7. The molecule has 0 aromatic heterocycles. The van der Waals surface area contributed by atoms with Gasteiger partial charge in [0.1, 0.15) is 0 Å². The zero-order chi connectivity index (χ0) is 10.3. The van der Waals surface area contributed by atoms with Gasteiger partial charge in [-0.2, -0.15) is 0 Å². The topological polar surface area (TPSA) is 40.5 Å². The van der Waals surface area contributed by atoms with Gasteiger partial charge < -0.3 is 10.2 Å². The summed E-state index contributed by atoms with van der Waals surface area (Å²) in [7, 11) is 0. The van der Waals surface area contributed by atoms with E-state index >= 15 is 0 Å². The molecule has 0 radical (unpaired) electrons. The van der Waals surface area contributed by atoms with Crippen LogP contribution in [0.5, 0.6) is 0 Å². The smallest absolute Gasteiger partial charge is 0.0601 e. The summed E-state index contributed by atoms with van der Waals surface area (Å²) in [6.07, 6.45) is 3.52. The predicted octanol–water partition coefficient (Wildman–Crippen LogP) is 2.25. The number of unbranched alkanes of at least 4 members (excludes halogenated alkanes) is 1. The molecule has 0 heterocycles. The fourth-order valence-corrected chi connectivity index (χ4v) is 1.34. The fraction of sp³-hybridized carbons (Fsp3) is 0.818. The zero-order valence-corrected chi connectivity index (χ0v) is 8.79. The van der Waals surface area contributed by atoms with E-state index in [1.807, 2.05) is 0 Å². The maximum absolute atomic E-state index is 9.47. The van der Waals surface area contributed by atoms with E-state index in [1.165, 1.54) is 0 Å². The van der Waals surface area contributed by atoms with Crippen molar-refractivity contribution in [3.05, 3.63) is 12.2 Å². The van der Waals surface area contributed by atoms with Crippen molar-refractivity contribution < 1.29 is 10.2 Å². The lowest BCUT2D eigenvalue weighted by Crippen LogP contribution is -2.15. The van der Waals surface area contributed by atoms with Gasteiger partial charge in [0.2, 0.25) is 0 Å². The predicted molar refractivity (Wildman–Crippen MR) is 55.6 cm³/mol. The van der Waals surface area contributed by atoms with Crippen LogP contribution >= 0.6 is 0 Å². The summed E-state index contributed by atoms with van der Waals surface area (Å²) in [5.41, 5.74) is 1.09. The van der Waals surface area contributed by atoms with Crippen LogP contribution in [0.4, 0.5) is 0 Å². The molecule has 2 atom stereocenters. The SMILES string of the molecule is C=C(CCCC)CC(O)CC(C)O. The third-order valence-corrected chi connectivity index (χ3v) is 2.02. The van der Waals surface area contributed by atoms with E-state index in [0.717, 1.165) is 24.8 Å². The molecule has 2 nitrogen and oxygen atoms in total. The van der Waals surface area contributed by atoms with Gasteiger partial charge in [0, 0.05) is 0 Å². The van der Waals surface area contributed by atoms with E-state index in [1.54, 1.807) is 6.92 Å². The van der Waals surface area contributed by atoms with Gasteiger partial charge in [0.15, 0.2) is 0 Å². The molecule has 78 valence electrons. The second kappa shape index (κ2) is 7.10. The van der Waals surface area contributed by atoms with Crippen LogP contribution in [0.3, 0.4) is 0 Å². The molecule has 0 aliphatic heterocycles. The molecule has 0 aromatic rings. The first-order chi connectivity index (χ1) is 6.06. The minimum absolute atomic E-state index is 0.422. The van der Waals surface area contributed by atoms with Crippen molar-refractivity contribution in [2.45, 2.75) is 58.2 Å². The number of hydrogen-bond donors (Lipinski definition) is 2.